The molecule has 0 radical (unpaired) electrons. The van der Waals surface area contributed by atoms with Crippen molar-refractivity contribution in [3.8, 4) is 11.5 Å². The Hall–Kier alpha value is -3.48. The molecular weight excluding hydrogens is 442 g/mol. The lowest BCUT2D eigenvalue weighted by Gasteiger charge is -2.45. The van der Waals surface area contributed by atoms with Gasteiger partial charge in [-0.1, -0.05) is 49.6 Å². The van der Waals surface area contributed by atoms with Gasteiger partial charge in [0.25, 0.3) is 5.91 Å². The molecule has 1 fully saturated rings. The first-order valence-electron chi connectivity index (χ1n) is 12.4. The van der Waals surface area contributed by atoms with Crippen molar-refractivity contribution in [1.82, 2.24) is 14.8 Å². The van der Waals surface area contributed by atoms with Crippen molar-refractivity contribution in [3.63, 3.8) is 0 Å². The quantitative estimate of drug-likeness (QED) is 0.569. The van der Waals surface area contributed by atoms with Crippen molar-refractivity contribution < 1.29 is 19.1 Å². The number of fused-ring (bicyclic) bond motifs is 3. The van der Waals surface area contributed by atoms with Crippen LogP contribution in [0.5, 0.6) is 11.5 Å². The molecule has 2 aromatic carbocycles. The second kappa shape index (κ2) is 9.29. The summed E-state index contributed by atoms with van der Waals surface area (Å²) in [6.45, 7) is 2.56. The normalized spacial score (nSPS) is 20.5. The average molecular weight is 476 g/mol. The monoisotopic (exact) mass is 475 g/mol. The van der Waals surface area contributed by atoms with Crippen LogP contribution in [0.3, 0.4) is 0 Å². The number of hydrogen-bond donors (Lipinski definition) is 1. The van der Waals surface area contributed by atoms with E-state index < -0.39 is 5.54 Å². The van der Waals surface area contributed by atoms with Crippen LogP contribution < -0.4 is 14.8 Å². The number of rotatable bonds is 6. The van der Waals surface area contributed by atoms with Gasteiger partial charge in [-0.05, 0) is 43.5 Å². The van der Waals surface area contributed by atoms with Gasteiger partial charge < -0.3 is 24.3 Å². The fourth-order valence-corrected chi connectivity index (χ4v) is 5.56. The number of carbonyl (C=O) groups is 2. The summed E-state index contributed by atoms with van der Waals surface area (Å²) >= 11 is 0. The van der Waals surface area contributed by atoms with E-state index in [1.54, 1.807) is 19.1 Å². The maximum Gasteiger partial charge on any atom is 0.271 e. The fourth-order valence-electron chi connectivity index (χ4n) is 5.56. The zero-order chi connectivity index (χ0) is 24.6. The molecule has 2 heterocycles. The van der Waals surface area contributed by atoms with Gasteiger partial charge in [-0.3, -0.25) is 9.59 Å². The summed E-state index contributed by atoms with van der Waals surface area (Å²) in [5, 5.41) is 4.08. The van der Waals surface area contributed by atoms with Gasteiger partial charge in [0.05, 0.1) is 26.3 Å². The van der Waals surface area contributed by atoms with Crippen LogP contribution in [0, 0.1) is 0 Å². The Morgan fingerprint density at radius 2 is 1.71 bits per heavy atom. The molecule has 0 spiro atoms. The highest BCUT2D eigenvalue weighted by Gasteiger charge is 2.48. The van der Waals surface area contributed by atoms with Crippen molar-refractivity contribution in [1.29, 1.82) is 0 Å². The van der Waals surface area contributed by atoms with E-state index >= 15 is 0 Å². The first-order chi connectivity index (χ1) is 17.0. The maximum absolute atomic E-state index is 14.0. The van der Waals surface area contributed by atoms with Gasteiger partial charge >= 0.3 is 0 Å². The van der Waals surface area contributed by atoms with Crippen LogP contribution in [-0.2, 0) is 17.9 Å². The molecule has 1 aromatic heterocycles. The molecule has 0 bridgehead atoms. The second-order valence-electron chi connectivity index (χ2n) is 9.81. The van der Waals surface area contributed by atoms with Crippen LogP contribution in [0.15, 0.2) is 48.5 Å². The molecule has 1 aliphatic heterocycles. The number of ether oxygens (including phenoxy) is 2. The van der Waals surface area contributed by atoms with Crippen molar-refractivity contribution in [3.05, 3.63) is 59.8 Å². The number of aromatic nitrogens is 1. The molecule has 1 aliphatic carbocycles. The van der Waals surface area contributed by atoms with E-state index in [2.05, 4.69) is 5.32 Å². The minimum Gasteiger partial charge on any atom is -0.496 e. The summed E-state index contributed by atoms with van der Waals surface area (Å²) in [6.07, 6.45) is 5.42. The van der Waals surface area contributed by atoms with Crippen LogP contribution in [0.1, 0.15) is 55.1 Å². The number of nitrogens with one attached hydrogen (secondary N) is 1. The molecule has 3 aromatic rings. The average Bonchev–Trinajstić information content (AvgIpc) is 3.26. The molecule has 1 N–H and O–H groups in total. The van der Waals surface area contributed by atoms with Gasteiger partial charge in [0.15, 0.2) is 0 Å². The summed E-state index contributed by atoms with van der Waals surface area (Å²) in [4.78, 5) is 29.7. The van der Waals surface area contributed by atoms with E-state index in [0.717, 1.165) is 42.1 Å². The smallest absolute Gasteiger partial charge is 0.271 e. The maximum atomic E-state index is 14.0. The largest absolute Gasteiger partial charge is 0.496 e. The highest BCUT2D eigenvalue weighted by molar-refractivity contribution is 6.05. The van der Waals surface area contributed by atoms with Gasteiger partial charge in [-0.2, -0.15) is 0 Å². The predicted octanol–water partition coefficient (Wildman–Crippen LogP) is 4.52. The Morgan fingerprint density at radius 1 is 1.03 bits per heavy atom. The molecule has 35 heavy (non-hydrogen) atoms. The van der Waals surface area contributed by atoms with Crippen molar-refractivity contribution >= 4 is 22.7 Å². The van der Waals surface area contributed by atoms with Crippen LogP contribution in [-0.4, -0.2) is 47.1 Å². The van der Waals surface area contributed by atoms with Gasteiger partial charge in [-0.25, -0.2) is 0 Å². The van der Waals surface area contributed by atoms with E-state index in [-0.39, 0.29) is 17.9 Å². The van der Waals surface area contributed by atoms with Gasteiger partial charge in [0.2, 0.25) is 5.91 Å². The first-order valence-corrected chi connectivity index (χ1v) is 12.4. The summed E-state index contributed by atoms with van der Waals surface area (Å²) in [7, 11) is 3.23. The molecule has 0 unspecified atom stereocenters. The minimum atomic E-state index is -1.07. The van der Waals surface area contributed by atoms with Crippen LogP contribution in [0.4, 0.5) is 0 Å². The number of nitrogens with zero attached hydrogens (tertiary/aromatic N) is 2. The van der Waals surface area contributed by atoms with E-state index in [9.17, 15) is 9.59 Å². The second-order valence-corrected chi connectivity index (χ2v) is 9.81. The lowest BCUT2D eigenvalue weighted by Crippen LogP contribution is -2.64. The van der Waals surface area contributed by atoms with Gasteiger partial charge in [0.1, 0.15) is 22.7 Å². The summed E-state index contributed by atoms with van der Waals surface area (Å²) in [5.41, 5.74) is 1.21. The van der Waals surface area contributed by atoms with E-state index in [0.29, 0.717) is 30.3 Å². The fraction of sp³-hybridized carbons (Fsp3) is 0.429. The molecule has 184 valence electrons. The Morgan fingerprint density at radius 3 is 2.40 bits per heavy atom. The van der Waals surface area contributed by atoms with Crippen LogP contribution >= 0.6 is 0 Å². The number of amides is 2. The minimum absolute atomic E-state index is 0.108. The van der Waals surface area contributed by atoms with Gasteiger partial charge in [0, 0.05) is 18.0 Å². The zero-order valence-corrected chi connectivity index (χ0v) is 20.7. The number of hydrogen-bond acceptors (Lipinski definition) is 4. The topological polar surface area (TPSA) is 72.8 Å². The molecule has 5 rings (SSSR count). The third-order valence-corrected chi connectivity index (χ3v) is 7.56. The van der Waals surface area contributed by atoms with E-state index in [1.165, 1.54) is 6.42 Å². The number of carbonyl (C=O) groups excluding carboxylic acids is 2. The number of methoxy groups -OCH3 is 2. The lowest BCUT2D eigenvalue weighted by molar-refractivity contribution is -0.134. The molecule has 7 heteroatoms. The summed E-state index contributed by atoms with van der Waals surface area (Å²) in [5.74, 6) is 1.02. The molecule has 1 saturated carbocycles. The third-order valence-electron chi connectivity index (χ3n) is 7.56. The molecule has 1 atom stereocenters. The van der Waals surface area contributed by atoms with Crippen LogP contribution in [0.25, 0.3) is 10.9 Å². The first kappa shape index (κ1) is 23.3. The van der Waals surface area contributed by atoms with Crippen molar-refractivity contribution in [2.75, 3.05) is 14.2 Å². The highest BCUT2D eigenvalue weighted by Crippen LogP contribution is 2.40. The van der Waals surface area contributed by atoms with Crippen molar-refractivity contribution in [2.45, 2.75) is 63.7 Å². The lowest BCUT2D eigenvalue weighted by atomic mass is 9.91. The highest BCUT2D eigenvalue weighted by atomic mass is 16.5. The van der Waals surface area contributed by atoms with Crippen molar-refractivity contribution in [2.24, 2.45) is 0 Å². The molecule has 7 nitrogen and oxygen atoms in total. The predicted molar refractivity (Wildman–Crippen MR) is 135 cm³/mol. The Balaban J connectivity index is 1.62. The summed E-state index contributed by atoms with van der Waals surface area (Å²) in [6, 6.07) is 15.5. The Bertz CT molecular complexity index is 1250. The third kappa shape index (κ3) is 4.03. The standard InChI is InChI=1S/C28H33N3O4/c1-28(27(33)29-20-12-8-5-9-13-20)18-30-22(26(32)31(28)17-19-10-6-4-7-11-19)16-21-23(34-2)14-15-24(35-3)25(21)30/h4,6-7,10-11,14-16,20H,5,8-9,12-13,17-18H2,1-3H3,(H,29,33)/t28-/m1/s1. The van der Waals surface area contributed by atoms with Gasteiger partial charge in [-0.15, -0.1) is 0 Å². The zero-order valence-electron chi connectivity index (χ0n) is 20.7. The molecule has 0 saturated heterocycles. The number of benzene rings is 2. The van der Waals surface area contributed by atoms with E-state index in [4.69, 9.17) is 9.47 Å². The van der Waals surface area contributed by atoms with Crippen LogP contribution in [0.2, 0.25) is 0 Å². The van der Waals surface area contributed by atoms with E-state index in [1.807, 2.05) is 60.0 Å². The molecular formula is C28H33N3O4. The Labute approximate surface area is 206 Å². The Kier molecular flexibility index (Phi) is 6.17. The molecule has 2 amide bonds. The summed E-state index contributed by atoms with van der Waals surface area (Å²) < 4.78 is 13.2. The molecule has 2 aliphatic rings. The SMILES string of the molecule is COc1ccc(OC)c2c1cc1n2C[C@](C)(C(=O)NC2CCCCC2)N(Cc2ccccc2)C1=O.